The lowest BCUT2D eigenvalue weighted by molar-refractivity contribution is -0.141. The van der Waals surface area contributed by atoms with E-state index in [4.69, 9.17) is 11.6 Å². The van der Waals surface area contributed by atoms with Crippen LogP contribution in [-0.2, 0) is 11.0 Å². The van der Waals surface area contributed by atoms with E-state index in [-0.39, 0.29) is 16.8 Å². The van der Waals surface area contributed by atoms with Crippen molar-refractivity contribution in [2.75, 3.05) is 16.8 Å². The van der Waals surface area contributed by atoms with E-state index in [1.165, 1.54) is 18.3 Å². The van der Waals surface area contributed by atoms with Crippen molar-refractivity contribution >= 4 is 34.9 Å². The van der Waals surface area contributed by atoms with Gasteiger partial charge in [-0.05, 0) is 61.2 Å². The highest BCUT2D eigenvalue weighted by Crippen LogP contribution is 2.33. The Labute approximate surface area is 224 Å². The van der Waals surface area contributed by atoms with Crippen LogP contribution in [0.25, 0.3) is 16.9 Å². The number of hydrogen-bond acceptors (Lipinski definition) is 6. The van der Waals surface area contributed by atoms with Crippen molar-refractivity contribution in [3.05, 3.63) is 77.5 Å². The number of aliphatic carboxylic acids is 1. The van der Waals surface area contributed by atoms with E-state index < -0.39 is 29.7 Å². The zero-order valence-corrected chi connectivity index (χ0v) is 20.9. The van der Waals surface area contributed by atoms with Crippen molar-refractivity contribution in [2.45, 2.75) is 31.5 Å². The first-order chi connectivity index (χ1) is 18.6. The first-order valence-corrected chi connectivity index (χ1v) is 12.3. The highest BCUT2D eigenvalue weighted by Gasteiger charge is 2.34. The Morgan fingerprint density at radius 2 is 1.95 bits per heavy atom. The minimum absolute atomic E-state index is 0.0126. The molecule has 0 saturated carbocycles. The van der Waals surface area contributed by atoms with Crippen molar-refractivity contribution in [1.29, 1.82) is 0 Å². The molecule has 202 valence electrons. The van der Waals surface area contributed by atoms with Gasteiger partial charge in [0, 0.05) is 35.9 Å². The van der Waals surface area contributed by atoms with Gasteiger partial charge in [0.25, 0.3) is 0 Å². The summed E-state index contributed by atoms with van der Waals surface area (Å²) in [5, 5.41) is 16.1. The third-order valence-corrected chi connectivity index (χ3v) is 6.61. The second-order valence-corrected chi connectivity index (χ2v) is 9.33. The van der Waals surface area contributed by atoms with E-state index in [1.54, 1.807) is 29.2 Å². The fourth-order valence-corrected chi connectivity index (χ4v) is 4.64. The molecule has 2 N–H and O–H groups in total. The number of nitrogens with one attached hydrogen (secondary N) is 1. The maximum Gasteiger partial charge on any atom is 0.435 e. The molecule has 0 bridgehead atoms. The predicted molar refractivity (Wildman–Crippen MR) is 137 cm³/mol. The Bertz CT molecular complexity index is 1530. The third-order valence-electron chi connectivity index (χ3n) is 6.32. The van der Waals surface area contributed by atoms with Gasteiger partial charge in [0.2, 0.25) is 5.95 Å². The monoisotopic (exact) mass is 560 g/mol. The molecule has 0 aliphatic carbocycles. The first kappa shape index (κ1) is 26.4. The Balaban J connectivity index is 1.58. The van der Waals surface area contributed by atoms with Crippen molar-refractivity contribution < 1.29 is 27.5 Å². The largest absolute Gasteiger partial charge is 0.480 e. The molecule has 4 aromatic rings. The van der Waals surface area contributed by atoms with Gasteiger partial charge in [-0.2, -0.15) is 23.3 Å². The second-order valence-electron chi connectivity index (χ2n) is 8.92. The lowest BCUT2D eigenvalue weighted by Crippen LogP contribution is -2.44. The van der Waals surface area contributed by atoms with Gasteiger partial charge in [-0.25, -0.2) is 18.9 Å². The molecule has 0 amide bonds. The van der Waals surface area contributed by atoms with Crippen LogP contribution in [-0.4, -0.2) is 43.4 Å². The summed E-state index contributed by atoms with van der Waals surface area (Å²) in [6.45, 7) is 0.557. The van der Waals surface area contributed by atoms with E-state index >= 15 is 0 Å². The fourth-order valence-electron chi connectivity index (χ4n) is 4.46. The summed E-state index contributed by atoms with van der Waals surface area (Å²) in [4.78, 5) is 22.4. The van der Waals surface area contributed by atoms with Gasteiger partial charge in [-0.3, -0.25) is 0 Å². The van der Waals surface area contributed by atoms with Crippen molar-refractivity contribution in [3.8, 4) is 16.9 Å². The molecule has 13 heteroatoms. The van der Waals surface area contributed by atoms with Crippen LogP contribution in [0.2, 0.25) is 5.02 Å². The summed E-state index contributed by atoms with van der Waals surface area (Å²) in [5.41, 5.74) is 0.838. The highest BCUT2D eigenvalue weighted by atomic mass is 35.5. The summed E-state index contributed by atoms with van der Waals surface area (Å²) in [6.07, 6.45) is 0.0554. The average molecular weight is 561 g/mol. The first-order valence-electron chi connectivity index (χ1n) is 11.9. The summed E-state index contributed by atoms with van der Waals surface area (Å²) in [6, 6.07) is 11.0. The van der Waals surface area contributed by atoms with Gasteiger partial charge in [-0.1, -0.05) is 23.7 Å². The molecule has 39 heavy (non-hydrogen) atoms. The Morgan fingerprint density at radius 1 is 1.13 bits per heavy atom. The molecule has 1 aliphatic heterocycles. The Hall–Kier alpha value is -4.19. The van der Waals surface area contributed by atoms with Crippen LogP contribution < -0.4 is 10.2 Å². The van der Waals surface area contributed by atoms with Crippen molar-refractivity contribution in [1.82, 2.24) is 19.7 Å². The fraction of sp³-hybridized carbons (Fsp3) is 0.231. The van der Waals surface area contributed by atoms with Crippen molar-refractivity contribution in [3.63, 3.8) is 0 Å². The second kappa shape index (κ2) is 10.5. The molecule has 2 aromatic heterocycles. The molecule has 1 unspecified atom stereocenters. The number of rotatable bonds is 6. The third kappa shape index (κ3) is 5.65. The van der Waals surface area contributed by atoms with Crippen molar-refractivity contribution in [2.24, 2.45) is 0 Å². The zero-order chi connectivity index (χ0) is 27.7. The van der Waals surface area contributed by atoms with Crippen LogP contribution in [0.5, 0.6) is 0 Å². The number of aromatic nitrogens is 4. The molecule has 3 heterocycles. The van der Waals surface area contributed by atoms with Gasteiger partial charge in [-0.15, -0.1) is 0 Å². The predicted octanol–water partition coefficient (Wildman–Crippen LogP) is 6.33. The number of piperidine rings is 1. The van der Waals surface area contributed by atoms with Gasteiger partial charge < -0.3 is 15.3 Å². The number of nitrogens with zero attached hydrogens (tertiary/aromatic N) is 5. The van der Waals surface area contributed by atoms with Crippen LogP contribution >= 0.6 is 11.6 Å². The van der Waals surface area contributed by atoms with Crippen LogP contribution in [0.3, 0.4) is 0 Å². The zero-order valence-electron chi connectivity index (χ0n) is 20.2. The number of hydrogen-bond donors (Lipinski definition) is 2. The lowest BCUT2D eigenvalue weighted by Gasteiger charge is -2.35. The molecule has 0 spiro atoms. The van der Waals surface area contributed by atoms with Crippen LogP contribution in [0.1, 0.15) is 25.0 Å². The topological polar surface area (TPSA) is 96.2 Å². The quantitative estimate of drug-likeness (QED) is 0.266. The molecule has 8 nitrogen and oxygen atoms in total. The number of benzene rings is 2. The maximum absolute atomic E-state index is 13.6. The van der Waals surface area contributed by atoms with E-state index in [0.717, 1.165) is 35.9 Å². The molecular formula is C26H21ClF4N6O2. The molecule has 5 rings (SSSR count). The normalized spacial score (nSPS) is 15.8. The molecule has 2 aromatic carbocycles. The SMILES string of the molecule is O=C(O)C1CCCCN1c1cccc(-c2cnc(Nc3ccc(F)c(Cl)c3)nc2-n2ccc(C(F)(F)F)n2)c1. The molecule has 0 radical (unpaired) electrons. The summed E-state index contributed by atoms with van der Waals surface area (Å²) in [5.74, 6) is -1.48. The van der Waals surface area contributed by atoms with Gasteiger partial charge in [0.1, 0.15) is 11.9 Å². The average Bonchev–Trinajstić information content (AvgIpc) is 3.42. The Morgan fingerprint density at radius 3 is 2.67 bits per heavy atom. The minimum Gasteiger partial charge on any atom is -0.480 e. The molecular weight excluding hydrogens is 540 g/mol. The van der Waals surface area contributed by atoms with E-state index in [1.807, 2.05) is 0 Å². The van der Waals surface area contributed by atoms with E-state index in [2.05, 4.69) is 20.4 Å². The van der Waals surface area contributed by atoms with Gasteiger partial charge >= 0.3 is 12.1 Å². The summed E-state index contributed by atoms with van der Waals surface area (Å²) in [7, 11) is 0. The number of carboxylic acid groups (broad SMARTS) is 1. The molecule has 1 aliphatic rings. The molecule has 1 fully saturated rings. The standard InChI is InChI=1S/C26H21ClF4N6O2/c27-19-13-16(7-8-20(19)28)33-25-32-14-18(23(34-25)37-11-9-22(35-37)26(29,30)31)15-4-3-5-17(12-15)36-10-2-1-6-21(36)24(38)39/h3-5,7-9,11-14,21H,1-2,6,10H2,(H,38,39)(H,32,33,34). The molecule has 1 saturated heterocycles. The van der Waals surface area contributed by atoms with Gasteiger partial charge in [0.05, 0.1) is 5.02 Å². The number of anilines is 3. The summed E-state index contributed by atoms with van der Waals surface area (Å²) < 4.78 is 54.5. The van der Waals surface area contributed by atoms with Crippen LogP contribution in [0, 0.1) is 5.82 Å². The number of halogens is 5. The maximum atomic E-state index is 13.6. The lowest BCUT2D eigenvalue weighted by atomic mass is 10.00. The minimum atomic E-state index is -4.66. The number of alkyl halides is 3. The smallest absolute Gasteiger partial charge is 0.435 e. The van der Waals surface area contributed by atoms with E-state index in [0.29, 0.717) is 35.5 Å². The van der Waals surface area contributed by atoms with Crippen LogP contribution in [0.4, 0.5) is 34.9 Å². The van der Waals surface area contributed by atoms with Crippen LogP contribution in [0.15, 0.2) is 60.9 Å². The summed E-state index contributed by atoms with van der Waals surface area (Å²) >= 11 is 5.85. The highest BCUT2D eigenvalue weighted by molar-refractivity contribution is 6.31. The number of carboxylic acids is 1. The number of carbonyl (C=O) groups is 1. The van der Waals surface area contributed by atoms with E-state index in [9.17, 15) is 27.5 Å². The van der Waals surface area contributed by atoms with Gasteiger partial charge in [0.15, 0.2) is 11.5 Å². The molecule has 1 atom stereocenters. The Kier molecular flexibility index (Phi) is 7.13.